The monoisotopic (exact) mass is 230 g/mol. The Labute approximate surface area is 93.9 Å². The first-order chi connectivity index (χ1) is 6.86. The average molecular weight is 231 g/mol. The first kappa shape index (κ1) is 12.0. The Kier molecular flexibility index (Phi) is 3.39. The Hall–Kier alpha value is -1.03. The molecule has 0 fully saturated rings. The Morgan fingerprint density at radius 1 is 1.40 bits per heavy atom. The maximum Gasteiger partial charge on any atom is 0.340 e. The van der Waals surface area contributed by atoms with Crippen LogP contribution < -0.4 is 0 Å². The summed E-state index contributed by atoms with van der Waals surface area (Å²) in [5, 5.41) is 13.5. The fourth-order valence-electron chi connectivity index (χ4n) is 1.37. The summed E-state index contributed by atoms with van der Waals surface area (Å²) in [4.78, 5) is 11.0. The molecule has 15 heavy (non-hydrogen) atoms. The van der Waals surface area contributed by atoms with Gasteiger partial charge in [0.05, 0.1) is 5.69 Å². The van der Waals surface area contributed by atoms with Gasteiger partial charge < -0.3 is 5.11 Å². The normalized spacial score (nSPS) is 11.4. The predicted octanol–water partition coefficient (Wildman–Crippen LogP) is 2.94. The third-order valence-corrected chi connectivity index (χ3v) is 2.49. The molecule has 0 saturated heterocycles. The standard InChI is InChI=1S/C10H15ClN2O2/c1-5(2)8-7(10(14)15)9(11)13(12-8)6(3)4/h5-6H,1-4H3,(H,14,15). The van der Waals surface area contributed by atoms with Crippen LogP contribution in [0.4, 0.5) is 0 Å². The quantitative estimate of drug-likeness (QED) is 0.869. The predicted molar refractivity (Wildman–Crippen MR) is 58.7 cm³/mol. The van der Waals surface area contributed by atoms with E-state index >= 15 is 0 Å². The van der Waals surface area contributed by atoms with E-state index in [9.17, 15) is 4.79 Å². The molecule has 0 atom stereocenters. The van der Waals surface area contributed by atoms with E-state index in [1.165, 1.54) is 0 Å². The molecule has 1 N–H and O–H groups in total. The summed E-state index contributed by atoms with van der Waals surface area (Å²) in [6.07, 6.45) is 0. The van der Waals surface area contributed by atoms with Gasteiger partial charge in [-0.3, -0.25) is 4.68 Å². The van der Waals surface area contributed by atoms with Gasteiger partial charge in [-0.05, 0) is 19.8 Å². The Bertz CT molecular complexity index is 383. The van der Waals surface area contributed by atoms with Gasteiger partial charge in [-0.15, -0.1) is 0 Å². The zero-order valence-corrected chi connectivity index (χ0v) is 10.0. The minimum Gasteiger partial charge on any atom is -0.478 e. The zero-order valence-electron chi connectivity index (χ0n) is 9.28. The van der Waals surface area contributed by atoms with E-state index < -0.39 is 5.97 Å². The van der Waals surface area contributed by atoms with Crippen LogP contribution in [-0.2, 0) is 0 Å². The van der Waals surface area contributed by atoms with Crippen molar-refractivity contribution in [1.29, 1.82) is 0 Å². The van der Waals surface area contributed by atoms with E-state index in [4.69, 9.17) is 16.7 Å². The summed E-state index contributed by atoms with van der Waals surface area (Å²) >= 11 is 5.98. The molecule has 0 radical (unpaired) electrons. The molecule has 0 spiro atoms. The molecular formula is C10H15ClN2O2. The number of halogens is 1. The summed E-state index contributed by atoms with van der Waals surface area (Å²) in [5.74, 6) is -0.968. The van der Waals surface area contributed by atoms with Gasteiger partial charge in [-0.2, -0.15) is 5.10 Å². The second kappa shape index (κ2) is 4.23. The van der Waals surface area contributed by atoms with E-state index in [2.05, 4.69) is 5.10 Å². The number of carbonyl (C=O) groups is 1. The Balaban J connectivity index is 3.39. The van der Waals surface area contributed by atoms with Crippen molar-refractivity contribution in [3.05, 3.63) is 16.4 Å². The molecule has 0 amide bonds. The summed E-state index contributed by atoms with van der Waals surface area (Å²) in [6, 6.07) is 0.0584. The molecule has 84 valence electrons. The van der Waals surface area contributed by atoms with Gasteiger partial charge in [0.15, 0.2) is 0 Å². The molecule has 1 aromatic rings. The molecule has 0 aliphatic carbocycles. The highest BCUT2D eigenvalue weighted by molar-refractivity contribution is 6.32. The summed E-state index contributed by atoms with van der Waals surface area (Å²) in [7, 11) is 0. The van der Waals surface area contributed by atoms with Crippen LogP contribution in [0.1, 0.15) is 55.7 Å². The lowest BCUT2D eigenvalue weighted by molar-refractivity contribution is 0.0695. The largest absolute Gasteiger partial charge is 0.478 e. The molecule has 0 aliphatic rings. The number of hydrogen-bond donors (Lipinski definition) is 1. The van der Waals surface area contributed by atoms with Gasteiger partial charge in [0.2, 0.25) is 0 Å². The van der Waals surface area contributed by atoms with E-state index in [0.29, 0.717) is 5.69 Å². The van der Waals surface area contributed by atoms with E-state index in [0.717, 1.165) is 0 Å². The van der Waals surface area contributed by atoms with Crippen LogP contribution in [0.3, 0.4) is 0 Å². The van der Waals surface area contributed by atoms with Crippen LogP contribution in [0.5, 0.6) is 0 Å². The van der Waals surface area contributed by atoms with Crippen LogP contribution in [0.25, 0.3) is 0 Å². The van der Waals surface area contributed by atoms with Crippen LogP contribution >= 0.6 is 11.6 Å². The smallest absolute Gasteiger partial charge is 0.340 e. The van der Waals surface area contributed by atoms with Crippen LogP contribution in [0, 0.1) is 0 Å². The summed E-state index contributed by atoms with van der Waals surface area (Å²) in [5.41, 5.74) is 0.668. The molecule has 4 nitrogen and oxygen atoms in total. The minimum absolute atomic E-state index is 0.0496. The van der Waals surface area contributed by atoms with Crippen LogP contribution in [0.15, 0.2) is 0 Å². The van der Waals surface area contributed by atoms with E-state index in [1.807, 2.05) is 27.7 Å². The third-order valence-electron chi connectivity index (χ3n) is 2.13. The first-order valence-electron chi connectivity index (χ1n) is 4.87. The number of carboxylic acid groups (broad SMARTS) is 1. The highest BCUT2D eigenvalue weighted by Crippen LogP contribution is 2.27. The fourth-order valence-corrected chi connectivity index (χ4v) is 1.78. The van der Waals surface area contributed by atoms with Gasteiger partial charge in [-0.1, -0.05) is 25.4 Å². The molecule has 0 aromatic carbocycles. The highest BCUT2D eigenvalue weighted by atomic mass is 35.5. The topological polar surface area (TPSA) is 55.1 Å². The van der Waals surface area contributed by atoms with E-state index in [1.54, 1.807) is 4.68 Å². The number of carboxylic acids is 1. The third kappa shape index (κ3) is 2.15. The molecule has 1 heterocycles. The SMILES string of the molecule is CC(C)c1nn(C(C)C)c(Cl)c1C(=O)O. The van der Waals surface area contributed by atoms with Gasteiger partial charge in [-0.25, -0.2) is 4.79 Å². The molecule has 0 saturated carbocycles. The van der Waals surface area contributed by atoms with Crippen molar-refractivity contribution >= 4 is 17.6 Å². The Morgan fingerprint density at radius 3 is 2.20 bits per heavy atom. The number of aromatic nitrogens is 2. The maximum atomic E-state index is 11.0. The lowest BCUT2D eigenvalue weighted by Crippen LogP contribution is -2.03. The fraction of sp³-hybridized carbons (Fsp3) is 0.600. The van der Waals surface area contributed by atoms with Crippen molar-refractivity contribution in [2.45, 2.75) is 39.7 Å². The average Bonchev–Trinajstić information content (AvgIpc) is 2.42. The molecule has 5 heteroatoms. The van der Waals surface area contributed by atoms with Crippen molar-refractivity contribution in [2.24, 2.45) is 0 Å². The second-order valence-corrected chi connectivity index (χ2v) is 4.41. The summed E-state index contributed by atoms with van der Waals surface area (Å²) in [6.45, 7) is 7.62. The summed E-state index contributed by atoms with van der Waals surface area (Å²) < 4.78 is 1.54. The van der Waals surface area contributed by atoms with Gasteiger partial charge in [0, 0.05) is 6.04 Å². The zero-order chi connectivity index (χ0) is 11.7. The molecule has 0 unspecified atom stereocenters. The highest BCUT2D eigenvalue weighted by Gasteiger charge is 2.24. The second-order valence-electron chi connectivity index (χ2n) is 4.05. The van der Waals surface area contributed by atoms with Crippen molar-refractivity contribution in [1.82, 2.24) is 9.78 Å². The van der Waals surface area contributed by atoms with Crippen molar-refractivity contribution in [3.63, 3.8) is 0 Å². The van der Waals surface area contributed by atoms with Crippen molar-refractivity contribution in [3.8, 4) is 0 Å². The van der Waals surface area contributed by atoms with E-state index in [-0.39, 0.29) is 22.7 Å². The van der Waals surface area contributed by atoms with Crippen molar-refractivity contribution in [2.75, 3.05) is 0 Å². The number of hydrogen-bond acceptors (Lipinski definition) is 2. The minimum atomic E-state index is -1.02. The number of aromatic carboxylic acids is 1. The molecule has 1 rings (SSSR count). The van der Waals surface area contributed by atoms with Crippen molar-refractivity contribution < 1.29 is 9.90 Å². The molecule has 1 aromatic heterocycles. The van der Waals surface area contributed by atoms with Gasteiger partial charge in [0.1, 0.15) is 10.7 Å². The lowest BCUT2D eigenvalue weighted by Gasteiger charge is -2.05. The molecule has 0 bridgehead atoms. The maximum absolute atomic E-state index is 11.0. The van der Waals surface area contributed by atoms with Gasteiger partial charge >= 0.3 is 5.97 Å². The van der Waals surface area contributed by atoms with Gasteiger partial charge in [0.25, 0.3) is 0 Å². The lowest BCUT2D eigenvalue weighted by atomic mass is 10.1. The molecular weight excluding hydrogens is 216 g/mol. The molecule has 0 aliphatic heterocycles. The first-order valence-corrected chi connectivity index (χ1v) is 5.25. The van der Waals surface area contributed by atoms with Crippen LogP contribution in [0.2, 0.25) is 5.15 Å². The number of nitrogens with zero attached hydrogens (tertiary/aromatic N) is 2. The number of rotatable bonds is 3. The van der Waals surface area contributed by atoms with Crippen LogP contribution in [-0.4, -0.2) is 20.9 Å². The Morgan fingerprint density at radius 2 is 1.93 bits per heavy atom.